The Morgan fingerprint density at radius 3 is 2.16 bits per heavy atom. The molecule has 31 heavy (non-hydrogen) atoms. The molecule has 6 nitrogen and oxygen atoms in total. The van der Waals surface area contributed by atoms with Crippen LogP contribution in [0, 0.1) is 5.92 Å². The minimum absolute atomic E-state index is 0.272. The van der Waals surface area contributed by atoms with E-state index < -0.39 is 18.1 Å². The molecule has 2 heterocycles. The molecule has 0 aromatic heterocycles. The van der Waals surface area contributed by atoms with Gasteiger partial charge < -0.3 is 4.74 Å². The summed E-state index contributed by atoms with van der Waals surface area (Å²) in [6.07, 6.45) is -0.886. The molecular weight excluding hydrogens is 460 g/mol. The van der Waals surface area contributed by atoms with E-state index in [0.717, 1.165) is 15.7 Å². The van der Waals surface area contributed by atoms with E-state index in [4.69, 9.17) is 9.57 Å². The standard InChI is InChI=1S/C24H19BrN2O4/c1-30-19-13-11-17(12-14-19)26-23(28)20-21(15-7-9-16(25)10-8-15)27(31-22(20)24(26)29)18-5-3-2-4-6-18/h2-14,20-22H,1H3/t20-,21-,22+/m1/s1. The second kappa shape index (κ2) is 7.83. The molecule has 7 heteroatoms. The van der Waals surface area contributed by atoms with Gasteiger partial charge in [0.05, 0.1) is 24.5 Å². The molecule has 2 amide bonds. The van der Waals surface area contributed by atoms with Gasteiger partial charge in [0.25, 0.3) is 5.91 Å². The lowest BCUT2D eigenvalue weighted by molar-refractivity contribution is -0.126. The van der Waals surface area contributed by atoms with E-state index in [1.165, 1.54) is 4.90 Å². The largest absolute Gasteiger partial charge is 0.497 e. The maximum absolute atomic E-state index is 13.5. The third-order valence-electron chi connectivity index (χ3n) is 5.67. The number of amides is 2. The van der Waals surface area contributed by atoms with E-state index in [1.54, 1.807) is 36.4 Å². The lowest BCUT2D eigenvalue weighted by Gasteiger charge is -2.28. The predicted molar refractivity (Wildman–Crippen MR) is 120 cm³/mol. The summed E-state index contributed by atoms with van der Waals surface area (Å²) in [6, 6.07) is 23.7. The van der Waals surface area contributed by atoms with Crippen molar-refractivity contribution in [3.63, 3.8) is 0 Å². The fourth-order valence-corrected chi connectivity index (χ4v) is 4.46. The van der Waals surface area contributed by atoms with Crippen LogP contribution in [0.3, 0.4) is 0 Å². The number of anilines is 2. The average Bonchev–Trinajstić information content (AvgIpc) is 3.31. The quantitative estimate of drug-likeness (QED) is 0.516. The Kier molecular flexibility index (Phi) is 5.00. The van der Waals surface area contributed by atoms with E-state index >= 15 is 0 Å². The van der Waals surface area contributed by atoms with Crippen molar-refractivity contribution in [1.82, 2.24) is 0 Å². The number of hydrogen-bond donors (Lipinski definition) is 0. The summed E-state index contributed by atoms with van der Waals surface area (Å²) in [6.45, 7) is 0. The Hall–Kier alpha value is -3.16. The van der Waals surface area contributed by atoms with Crippen LogP contribution in [0.1, 0.15) is 11.6 Å². The second-order valence-electron chi connectivity index (χ2n) is 7.42. The number of hydroxylamine groups is 1. The monoisotopic (exact) mass is 478 g/mol. The molecule has 2 aliphatic heterocycles. The highest BCUT2D eigenvalue weighted by atomic mass is 79.9. The highest BCUT2D eigenvalue weighted by molar-refractivity contribution is 9.10. The number of fused-ring (bicyclic) bond motifs is 1. The summed E-state index contributed by atoms with van der Waals surface area (Å²) >= 11 is 3.46. The Morgan fingerprint density at radius 1 is 0.839 bits per heavy atom. The van der Waals surface area contributed by atoms with Gasteiger partial charge in [0, 0.05) is 4.47 Å². The van der Waals surface area contributed by atoms with E-state index in [9.17, 15) is 9.59 Å². The molecule has 0 aliphatic carbocycles. The van der Waals surface area contributed by atoms with Gasteiger partial charge in [0.1, 0.15) is 11.7 Å². The van der Waals surface area contributed by atoms with Gasteiger partial charge in [-0.2, -0.15) is 0 Å². The van der Waals surface area contributed by atoms with Crippen LogP contribution in [0.25, 0.3) is 0 Å². The third-order valence-corrected chi connectivity index (χ3v) is 6.20. The number of ether oxygens (including phenoxy) is 1. The van der Waals surface area contributed by atoms with Gasteiger partial charge in [-0.1, -0.05) is 46.3 Å². The number of carbonyl (C=O) groups excluding carboxylic acids is 2. The van der Waals surface area contributed by atoms with Gasteiger partial charge in [-0.15, -0.1) is 0 Å². The maximum atomic E-state index is 13.5. The topological polar surface area (TPSA) is 59.1 Å². The Bertz CT molecular complexity index is 1120. The van der Waals surface area contributed by atoms with Crippen molar-refractivity contribution in [2.75, 3.05) is 17.1 Å². The summed E-state index contributed by atoms with van der Waals surface area (Å²) < 4.78 is 6.12. The number of imide groups is 1. The van der Waals surface area contributed by atoms with E-state index in [1.807, 2.05) is 54.6 Å². The molecule has 0 saturated carbocycles. The highest BCUT2D eigenvalue weighted by Gasteiger charge is 2.60. The van der Waals surface area contributed by atoms with Crippen LogP contribution in [-0.2, 0) is 14.4 Å². The van der Waals surface area contributed by atoms with E-state index in [0.29, 0.717) is 11.4 Å². The van der Waals surface area contributed by atoms with Crippen molar-refractivity contribution in [1.29, 1.82) is 0 Å². The van der Waals surface area contributed by atoms with E-state index in [2.05, 4.69) is 15.9 Å². The molecule has 156 valence electrons. The van der Waals surface area contributed by atoms with Gasteiger partial charge in [-0.05, 0) is 54.1 Å². The van der Waals surface area contributed by atoms with Crippen LogP contribution < -0.4 is 14.7 Å². The van der Waals surface area contributed by atoms with Gasteiger partial charge in [-0.25, -0.2) is 9.96 Å². The normalized spacial score (nSPS) is 22.7. The van der Waals surface area contributed by atoms with Crippen LogP contribution in [0.15, 0.2) is 83.3 Å². The zero-order valence-corrected chi connectivity index (χ0v) is 18.2. The molecule has 0 bridgehead atoms. The molecule has 3 atom stereocenters. The number of hydrogen-bond acceptors (Lipinski definition) is 5. The minimum Gasteiger partial charge on any atom is -0.497 e. The number of carbonyl (C=O) groups is 2. The summed E-state index contributed by atoms with van der Waals surface area (Å²) in [5.74, 6) is -0.634. The zero-order chi connectivity index (χ0) is 21.5. The molecule has 2 fully saturated rings. The van der Waals surface area contributed by atoms with Gasteiger partial charge >= 0.3 is 0 Å². The fourth-order valence-electron chi connectivity index (χ4n) is 4.20. The second-order valence-corrected chi connectivity index (χ2v) is 8.34. The first kappa shape index (κ1) is 19.8. The van der Waals surface area contributed by atoms with Gasteiger partial charge in [0.2, 0.25) is 5.91 Å². The molecule has 0 unspecified atom stereocenters. The molecular formula is C24H19BrN2O4. The van der Waals surface area contributed by atoms with Crippen molar-refractivity contribution in [2.45, 2.75) is 12.1 Å². The molecule has 0 radical (unpaired) electrons. The molecule has 2 aliphatic rings. The van der Waals surface area contributed by atoms with Gasteiger partial charge in [0.15, 0.2) is 6.10 Å². The first-order valence-electron chi connectivity index (χ1n) is 9.87. The van der Waals surface area contributed by atoms with Crippen molar-refractivity contribution in [2.24, 2.45) is 5.92 Å². The smallest absolute Gasteiger partial charge is 0.266 e. The number of rotatable bonds is 4. The lowest BCUT2D eigenvalue weighted by Crippen LogP contribution is -2.37. The summed E-state index contributed by atoms with van der Waals surface area (Å²) in [5.41, 5.74) is 2.20. The first-order valence-corrected chi connectivity index (χ1v) is 10.7. The van der Waals surface area contributed by atoms with Crippen molar-refractivity contribution in [3.05, 3.63) is 88.9 Å². The number of methoxy groups -OCH3 is 1. The number of para-hydroxylation sites is 1. The average molecular weight is 479 g/mol. The minimum atomic E-state index is -0.886. The molecule has 5 rings (SSSR count). The summed E-state index contributed by atoms with van der Waals surface area (Å²) in [4.78, 5) is 34.2. The van der Waals surface area contributed by atoms with Crippen molar-refractivity contribution >= 4 is 39.1 Å². The molecule has 3 aromatic carbocycles. The third kappa shape index (κ3) is 3.30. The lowest BCUT2D eigenvalue weighted by atomic mass is 9.90. The Morgan fingerprint density at radius 2 is 1.52 bits per heavy atom. The van der Waals surface area contributed by atoms with Crippen molar-refractivity contribution < 1.29 is 19.2 Å². The van der Waals surface area contributed by atoms with Crippen LogP contribution in [0.4, 0.5) is 11.4 Å². The van der Waals surface area contributed by atoms with Crippen LogP contribution in [0.5, 0.6) is 5.75 Å². The molecule has 0 spiro atoms. The molecule has 2 saturated heterocycles. The predicted octanol–water partition coefficient (Wildman–Crippen LogP) is 4.51. The molecule has 0 N–H and O–H groups in total. The van der Waals surface area contributed by atoms with Crippen LogP contribution >= 0.6 is 15.9 Å². The number of benzene rings is 3. The highest BCUT2D eigenvalue weighted by Crippen LogP contribution is 2.47. The van der Waals surface area contributed by atoms with E-state index in [-0.39, 0.29) is 11.8 Å². The number of halogens is 1. The zero-order valence-electron chi connectivity index (χ0n) is 16.6. The Labute approximate surface area is 188 Å². The molecule has 3 aromatic rings. The van der Waals surface area contributed by atoms with Gasteiger partial charge in [-0.3, -0.25) is 14.4 Å². The first-order chi connectivity index (χ1) is 15.1. The number of nitrogens with zero attached hydrogens (tertiary/aromatic N) is 2. The van der Waals surface area contributed by atoms with Crippen LogP contribution in [-0.4, -0.2) is 25.0 Å². The van der Waals surface area contributed by atoms with Crippen LogP contribution in [0.2, 0.25) is 0 Å². The van der Waals surface area contributed by atoms with Crippen molar-refractivity contribution in [3.8, 4) is 5.75 Å². The fraction of sp³-hybridized carbons (Fsp3) is 0.167. The Balaban J connectivity index is 1.56. The summed E-state index contributed by atoms with van der Waals surface area (Å²) in [7, 11) is 1.57. The maximum Gasteiger partial charge on any atom is 0.266 e. The summed E-state index contributed by atoms with van der Waals surface area (Å²) in [5, 5.41) is 1.69. The SMILES string of the molecule is COc1ccc(N2C(=O)[C@H]3[C@H](ON(c4ccccc4)[C@@H]3c3ccc(Br)cc3)C2=O)cc1.